The Kier molecular flexibility index (Phi) is 8.43. The third kappa shape index (κ3) is 5.86. The zero-order valence-corrected chi connectivity index (χ0v) is 22.1. The van der Waals surface area contributed by atoms with Crippen LogP contribution in [0.3, 0.4) is 0 Å². The van der Waals surface area contributed by atoms with Crippen molar-refractivity contribution in [3.8, 4) is 11.1 Å². The Morgan fingerprint density at radius 3 is 2.47 bits per heavy atom. The molecule has 1 fully saturated rings. The molecule has 2 aromatic carbocycles. The van der Waals surface area contributed by atoms with Gasteiger partial charge in [-0.15, -0.1) is 0 Å². The second-order valence-corrected chi connectivity index (χ2v) is 9.34. The van der Waals surface area contributed by atoms with Crippen LogP contribution in [0.1, 0.15) is 39.7 Å². The topological polar surface area (TPSA) is 104 Å². The lowest BCUT2D eigenvalue weighted by atomic mass is 9.95. The summed E-state index contributed by atoms with van der Waals surface area (Å²) in [4.78, 5) is 43.6. The summed E-state index contributed by atoms with van der Waals surface area (Å²) in [5.74, 6) is -0.797. The molecule has 8 nitrogen and oxygen atoms in total. The average molecular weight is 515 g/mol. The Morgan fingerprint density at radius 1 is 1.11 bits per heavy atom. The number of aromatic nitrogens is 1. The van der Waals surface area contributed by atoms with Crippen LogP contribution in [-0.4, -0.2) is 43.1 Å². The van der Waals surface area contributed by atoms with Gasteiger partial charge >= 0.3 is 0 Å². The van der Waals surface area contributed by atoms with Crippen LogP contribution >= 0.6 is 0 Å². The molecular formula is C30H34N4O4. The molecule has 2 amide bonds. The van der Waals surface area contributed by atoms with E-state index in [1.54, 1.807) is 0 Å². The number of nitrogens with one attached hydrogen (secondary N) is 3. The number of rotatable bonds is 8. The first-order valence-electron chi connectivity index (χ1n) is 12.8. The van der Waals surface area contributed by atoms with E-state index in [2.05, 4.69) is 27.1 Å². The second kappa shape index (κ2) is 11.9. The van der Waals surface area contributed by atoms with Gasteiger partial charge in [0.05, 0.1) is 24.5 Å². The fourth-order valence-corrected chi connectivity index (χ4v) is 4.77. The molecule has 4 rings (SSSR count). The van der Waals surface area contributed by atoms with Gasteiger partial charge in [-0.05, 0) is 61.2 Å². The molecule has 1 aromatic heterocycles. The fourth-order valence-electron chi connectivity index (χ4n) is 4.77. The van der Waals surface area contributed by atoms with Crippen molar-refractivity contribution in [2.45, 2.75) is 33.7 Å². The second-order valence-electron chi connectivity index (χ2n) is 9.34. The van der Waals surface area contributed by atoms with Crippen molar-refractivity contribution in [3.05, 3.63) is 93.4 Å². The molecule has 0 saturated carbocycles. The number of hydrogen-bond donors (Lipinski definition) is 3. The highest BCUT2D eigenvalue weighted by Gasteiger charge is 2.21. The SMILES string of the molecule is C=CC(=O)Nc1c(-c2ccc(N3CCOCC3)cc2)ccc(C)c1C(=O)NCc1c(CC)cc(C)[nH]c1=O. The van der Waals surface area contributed by atoms with Crippen LogP contribution in [0.4, 0.5) is 11.4 Å². The van der Waals surface area contributed by atoms with E-state index < -0.39 is 5.91 Å². The van der Waals surface area contributed by atoms with Gasteiger partial charge in [-0.1, -0.05) is 37.8 Å². The minimum Gasteiger partial charge on any atom is -0.378 e. The number of aryl methyl sites for hydroxylation is 3. The highest BCUT2D eigenvalue weighted by atomic mass is 16.5. The molecule has 198 valence electrons. The molecule has 0 spiro atoms. The molecule has 0 atom stereocenters. The third-order valence-electron chi connectivity index (χ3n) is 6.80. The molecule has 2 heterocycles. The number of carbonyl (C=O) groups excluding carboxylic acids is 2. The monoisotopic (exact) mass is 514 g/mol. The first-order chi connectivity index (χ1) is 18.3. The summed E-state index contributed by atoms with van der Waals surface area (Å²) in [6.45, 7) is 12.3. The zero-order chi connectivity index (χ0) is 27.2. The van der Waals surface area contributed by atoms with Crippen LogP contribution < -0.4 is 21.1 Å². The quantitative estimate of drug-likeness (QED) is 0.393. The maximum Gasteiger partial charge on any atom is 0.253 e. The number of hydrogen-bond acceptors (Lipinski definition) is 5. The van der Waals surface area contributed by atoms with Gasteiger partial charge in [-0.2, -0.15) is 0 Å². The Hall–Kier alpha value is -4.17. The predicted molar refractivity (Wildman–Crippen MR) is 151 cm³/mol. The summed E-state index contributed by atoms with van der Waals surface area (Å²) >= 11 is 0. The molecule has 0 unspecified atom stereocenters. The minimum atomic E-state index is -0.418. The lowest BCUT2D eigenvalue weighted by Gasteiger charge is -2.29. The van der Waals surface area contributed by atoms with Gasteiger partial charge in [-0.3, -0.25) is 14.4 Å². The number of morpholine rings is 1. The van der Waals surface area contributed by atoms with Crippen molar-refractivity contribution in [2.75, 3.05) is 36.5 Å². The number of pyridine rings is 1. The molecule has 3 aromatic rings. The fraction of sp³-hybridized carbons (Fsp3) is 0.300. The molecular weight excluding hydrogens is 480 g/mol. The van der Waals surface area contributed by atoms with Gasteiger partial charge in [0.2, 0.25) is 5.91 Å². The van der Waals surface area contributed by atoms with E-state index >= 15 is 0 Å². The van der Waals surface area contributed by atoms with Gasteiger partial charge in [0.1, 0.15) is 0 Å². The predicted octanol–water partition coefficient (Wildman–Crippen LogP) is 4.11. The van der Waals surface area contributed by atoms with Crippen molar-refractivity contribution >= 4 is 23.2 Å². The number of ether oxygens (including phenoxy) is 1. The number of anilines is 2. The number of aromatic amines is 1. The van der Waals surface area contributed by atoms with E-state index in [0.29, 0.717) is 47.6 Å². The lowest BCUT2D eigenvalue weighted by Crippen LogP contribution is -2.36. The standard InChI is InChI=1S/C30H34N4O4/c1-5-21-17-20(4)32-29(36)25(21)18-31-30(37)27-19(3)7-12-24(28(27)33-26(35)6-2)22-8-10-23(11-9-22)34-13-15-38-16-14-34/h6-12,17H,2,5,13-16,18H2,1,3-4H3,(H,31,37)(H,32,36)(H,33,35). The van der Waals surface area contributed by atoms with Crippen LogP contribution in [0.15, 0.2) is 59.9 Å². The number of nitrogens with zero attached hydrogens (tertiary/aromatic N) is 1. The Labute approximate surface area is 222 Å². The number of carbonyl (C=O) groups is 2. The van der Waals surface area contributed by atoms with Crippen LogP contribution in [0.5, 0.6) is 0 Å². The van der Waals surface area contributed by atoms with Gasteiger partial charge < -0.3 is 25.3 Å². The van der Waals surface area contributed by atoms with Crippen molar-refractivity contribution in [1.29, 1.82) is 0 Å². The minimum absolute atomic E-state index is 0.0738. The Balaban J connectivity index is 1.69. The summed E-state index contributed by atoms with van der Waals surface area (Å²) in [6.07, 6.45) is 1.85. The van der Waals surface area contributed by atoms with Gasteiger partial charge in [0, 0.05) is 42.1 Å². The summed E-state index contributed by atoms with van der Waals surface area (Å²) in [5.41, 5.74) is 6.08. The molecule has 38 heavy (non-hydrogen) atoms. The Bertz CT molecular complexity index is 1400. The normalized spacial score (nSPS) is 13.2. The molecule has 0 bridgehead atoms. The molecule has 8 heteroatoms. The van der Waals surface area contributed by atoms with Crippen molar-refractivity contribution in [2.24, 2.45) is 0 Å². The number of amides is 2. The first kappa shape index (κ1) is 26.9. The molecule has 0 radical (unpaired) electrons. The van der Waals surface area contributed by atoms with E-state index in [4.69, 9.17) is 4.74 Å². The maximum absolute atomic E-state index is 13.5. The van der Waals surface area contributed by atoms with E-state index in [-0.39, 0.29) is 18.0 Å². The smallest absolute Gasteiger partial charge is 0.253 e. The summed E-state index contributed by atoms with van der Waals surface area (Å²) in [6, 6.07) is 13.7. The van der Waals surface area contributed by atoms with E-state index in [1.165, 1.54) is 6.08 Å². The van der Waals surface area contributed by atoms with Crippen LogP contribution in [0.2, 0.25) is 0 Å². The van der Waals surface area contributed by atoms with Gasteiger partial charge in [-0.25, -0.2) is 0 Å². The van der Waals surface area contributed by atoms with E-state index in [9.17, 15) is 14.4 Å². The first-order valence-corrected chi connectivity index (χ1v) is 12.8. The van der Waals surface area contributed by atoms with E-state index in [0.717, 1.165) is 35.6 Å². The number of H-pyrrole nitrogens is 1. The number of benzene rings is 2. The van der Waals surface area contributed by atoms with Crippen molar-refractivity contribution in [1.82, 2.24) is 10.3 Å². The van der Waals surface area contributed by atoms with Crippen LogP contribution in [0, 0.1) is 13.8 Å². The Morgan fingerprint density at radius 2 is 1.82 bits per heavy atom. The highest BCUT2D eigenvalue weighted by Crippen LogP contribution is 2.34. The van der Waals surface area contributed by atoms with Crippen molar-refractivity contribution < 1.29 is 14.3 Å². The highest BCUT2D eigenvalue weighted by molar-refractivity contribution is 6.10. The maximum atomic E-state index is 13.5. The summed E-state index contributed by atoms with van der Waals surface area (Å²) in [7, 11) is 0. The lowest BCUT2D eigenvalue weighted by molar-refractivity contribution is -0.111. The third-order valence-corrected chi connectivity index (χ3v) is 6.80. The van der Waals surface area contributed by atoms with Crippen LogP contribution in [0.25, 0.3) is 11.1 Å². The van der Waals surface area contributed by atoms with E-state index in [1.807, 2.05) is 63.2 Å². The summed E-state index contributed by atoms with van der Waals surface area (Å²) < 4.78 is 5.45. The average Bonchev–Trinajstić information content (AvgIpc) is 2.92. The van der Waals surface area contributed by atoms with Gasteiger partial charge in [0.25, 0.3) is 11.5 Å². The molecule has 1 aliphatic heterocycles. The van der Waals surface area contributed by atoms with Crippen LogP contribution in [-0.2, 0) is 22.5 Å². The molecule has 3 N–H and O–H groups in total. The summed E-state index contributed by atoms with van der Waals surface area (Å²) in [5, 5.41) is 5.75. The molecule has 1 aliphatic rings. The van der Waals surface area contributed by atoms with Crippen molar-refractivity contribution in [3.63, 3.8) is 0 Å². The largest absolute Gasteiger partial charge is 0.378 e. The molecule has 1 saturated heterocycles. The molecule has 0 aliphatic carbocycles. The zero-order valence-electron chi connectivity index (χ0n) is 22.1. The van der Waals surface area contributed by atoms with Gasteiger partial charge in [0.15, 0.2) is 0 Å².